The van der Waals surface area contributed by atoms with Gasteiger partial charge in [-0.2, -0.15) is 0 Å². The first-order chi connectivity index (χ1) is 12.0. The molecule has 0 spiro atoms. The van der Waals surface area contributed by atoms with E-state index in [0.717, 1.165) is 22.6 Å². The molecule has 4 atom stereocenters. The van der Waals surface area contributed by atoms with Gasteiger partial charge in [0.1, 0.15) is 0 Å². The number of benzene rings is 1. The van der Waals surface area contributed by atoms with Gasteiger partial charge in [0.2, 0.25) is 0 Å². The van der Waals surface area contributed by atoms with Gasteiger partial charge in [0.05, 0.1) is 0 Å². The third-order valence-electron chi connectivity index (χ3n) is 5.34. The van der Waals surface area contributed by atoms with Crippen LogP contribution in [0.15, 0.2) is 24.3 Å². The smallest absolute Gasteiger partial charge is 0 e. The van der Waals surface area contributed by atoms with E-state index in [9.17, 15) is 25.2 Å². The van der Waals surface area contributed by atoms with Gasteiger partial charge in [0, 0.05) is 19.5 Å². The Morgan fingerprint density at radius 3 is 1.07 bits per heavy atom. The van der Waals surface area contributed by atoms with Gasteiger partial charge in [-0.05, 0) is 58.9 Å². The van der Waals surface area contributed by atoms with Gasteiger partial charge in [0.25, 0.3) is 0 Å². The predicted octanol–water partition coefficient (Wildman–Crippen LogP) is 8.42. The average molecular weight is 554 g/mol. The third-order valence-corrected chi connectivity index (χ3v) is 12.2. The Labute approximate surface area is 179 Å². The minimum Gasteiger partial charge on any atom is 0 e. The van der Waals surface area contributed by atoms with Crippen LogP contribution < -0.4 is 10.6 Å². The second kappa shape index (κ2) is 8.69. The average Bonchev–Trinajstić information content (AvgIpc) is 2.98. The summed E-state index contributed by atoms with van der Waals surface area (Å²) in [5.74, 6) is 0. The molecule has 0 amide bonds. The first-order valence-electron chi connectivity index (χ1n) is 9.26. The van der Waals surface area contributed by atoms with Crippen LogP contribution in [0.25, 0.3) is 0 Å². The maximum atomic E-state index is 9.87. The van der Waals surface area contributed by atoms with E-state index in [1.807, 2.05) is 0 Å². The maximum Gasteiger partial charge on any atom is 0 e. The Bertz CT molecular complexity index is 592. The first kappa shape index (κ1) is 26.7. The zero-order chi connectivity index (χ0) is 20.7. The van der Waals surface area contributed by atoms with Crippen LogP contribution in [0, 0.1) is 0 Å². The van der Waals surface area contributed by atoms with Gasteiger partial charge in [0.15, 0.2) is 0 Å². The Balaban J connectivity index is 0.000000425. The largest absolute Gasteiger partial charge is 0 e. The van der Waals surface area contributed by atoms with Crippen molar-refractivity contribution in [1.82, 2.24) is 0 Å². The van der Waals surface area contributed by atoms with Crippen LogP contribution in [0.1, 0.15) is 53.4 Å². The molecule has 0 aliphatic carbocycles. The molecule has 1 radical (unpaired) electrons. The van der Waals surface area contributed by atoms with Crippen molar-refractivity contribution in [2.75, 3.05) is 0 Å². The molecule has 0 N–H and O–H groups in total. The van der Waals surface area contributed by atoms with Gasteiger partial charge in [-0.1, -0.05) is 67.8 Å². The van der Waals surface area contributed by atoms with Crippen molar-refractivity contribution < 1.29 is 44.7 Å². The molecule has 0 unspecified atom stereocenters. The van der Waals surface area contributed by atoms with E-state index in [1.165, 1.54) is 25.7 Å². The fourth-order valence-electron chi connectivity index (χ4n) is 4.24. The molecule has 2 aliphatic rings. The Hall–Kier alpha value is 0.713. The molecule has 2 fully saturated rings. The molecule has 28 heavy (non-hydrogen) atoms. The topological polar surface area (TPSA) is 0 Å². The molecular weight excluding hydrogens is 526 g/mol. The Morgan fingerprint density at radius 2 is 0.857 bits per heavy atom. The second-order valence-electron chi connectivity index (χ2n) is 7.81. The molecule has 0 nitrogen and oxygen atoms in total. The van der Waals surface area contributed by atoms with Crippen LogP contribution in [-0.2, 0) is 19.5 Å². The summed E-state index contributed by atoms with van der Waals surface area (Å²) in [5, 5.41) is 3.57. The number of rotatable bonds is 2. The molecule has 2 saturated heterocycles. The van der Waals surface area contributed by atoms with Gasteiger partial charge >= 0.3 is 33.0 Å². The van der Waals surface area contributed by atoms with Crippen molar-refractivity contribution in [2.24, 2.45) is 0 Å². The summed E-state index contributed by atoms with van der Waals surface area (Å²) in [7, 11) is -10.5. The van der Waals surface area contributed by atoms with Crippen molar-refractivity contribution >= 4 is 34.3 Å². The standard InChI is InChI=1S/C18H28P2.F6P.Rh/c1-13-9-10-14(2)19(13)17-7-5-6-8-18(17)20-15(3)11-12-16(20)4;1-7(2,3,4,5)6;/h5-8,13-16H,9-12H2,1-4H3;;/q;-1;/t13-,14-,15-,16-;;/m0../s1. The fourth-order valence-corrected chi connectivity index (χ4v) is 11.5. The molecule has 0 aromatic heterocycles. The zero-order valence-corrected chi connectivity index (χ0v) is 20.7. The van der Waals surface area contributed by atoms with Crippen LogP contribution >= 0.6 is 23.7 Å². The summed E-state index contributed by atoms with van der Waals surface area (Å²) in [5.41, 5.74) is 3.74. The van der Waals surface area contributed by atoms with Gasteiger partial charge in [-0.3, -0.25) is 0 Å². The quantitative estimate of drug-likeness (QED) is 0.196. The van der Waals surface area contributed by atoms with E-state index in [2.05, 4.69) is 52.0 Å². The predicted molar refractivity (Wildman–Crippen MR) is 109 cm³/mol. The first-order valence-corrected chi connectivity index (χ1v) is 14.3. The van der Waals surface area contributed by atoms with Crippen molar-refractivity contribution in [2.45, 2.75) is 76.0 Å². The van der Waals surface area contributed by atoms with E-state index < -0.39 is 7.81 Å². The molecule has 2 aliphatic heterocycles. The van der Waals surface area contributed by atoms with Gasteiger partial charge in [-0.25, -0.2) is 0 Å². The van der Waals surface area contributed by atoms with Gasteiger partial charge < -0.3 is 0 Å². The Kier molecular flexibility index (Phi) is 8.30. The van der Waals surface area contributed by atoms with Crippen LogP contribution in [-0.4, -0.2) is 22.6 Å². The molecular formula is C18H28F6P3Rh-. The third kappa shape index (κ3) is 8.45. The summed E-state index contributed by atoms with van der Waals surface area (Å²) in [6.07, 6.45) is 5.79. The van der Waals surface area contributed by atoms with E-state index in [-0.39, 0.29) is 35.3 Å². The zero-order valence-electron chi connectivity index (χ0n) is 16.4. The molecule has 0 bridgehead atoms. The van der Waals surface area contributed by atoms with E-state index in [0.29, 0.717) is 0 Å². The minimum atomic E-state index is -10.7. The maximum absolute atomic E-state index is 10.7. The monoisotopic (exact) mass is 554 g/mol. The molecule has 10 heteroatoms. The van der Waals surface area contributed by atoms with E-state index in [4.69, 9.17) is 0 Å². The molecule has 167 valence electrons. The summed E-state index contributed by atoms with van der Waals surface area (Å²) in [6.45, 7) is 10.0. The van der Waals surface area contributed by atoms with Crippen molar-refractivity contribution in [1.29, 1.82) is 0 Å². The summed E-state index contributed by atoms with van der Waals surface area (Å²) >= 11 is 0. The molecule has 1 aromatic carbocycles. The van der Waals surface area contributed by atoms with Crippen molar-refractivity contribution in [3.05, 3.63) is 24.3 Å². The number of hydrogen-bond donors (Lipinski definition) is 0. The van der Waals surface area contributed by atoms with Crippen LogP contribution in [0.2, 0.25) is 0 Å². The molecule has 3 rings (SSSR count). The second-order valence-corrected chi connectivity index (χ2v) is 15.8. The van der Waals surface area contributed by atoms with Crippen molar-refractivity contribution in [3.8, 4) is 0 Å². The van der Waals surface area contributed by atoms with Crippen LogP contribution in [0.4, 0.5) is 25.2 Å². The summed E-state index contributed by atoms with van der Waals surface area (Å²) in [4.78, 5) is 0. The van der Waals surface area contributed by atoms with Crippen molar-refractivity contribution in [3.63, 3.8) is 0 Å². The number of hydrogen-bond acceptors (Lipinski definition) is 0. The normalized spacial score (nSPS) is 31.4. The molecule has 1 aromatic rings. The molecule has 0 saturated carbocycles. The van der Waals surface area contributed by atoms with Crippen LogP contribution in [0.3, 0.4) is 0 Å². The Morgan fingerprint density at radius 1 is 0.643 bits per heavy atom. The summed E-state index contributed by atoms with van der Waals surface area (Å²) < 4.78 is 59.2. The van der Waals surface area contributed by atoms with E-state index in [1.54, 1.807) is 10.6 Å². The minimum absolute atomic E-state index is 0. The van der Waals surface area contributed by atoms with Crippen LogP contribution in [0.5, 0.6) is 0 Å². The molecule has 2 heterocycles. The summed E-state index contributed by atoms with van der Waals surface area (Å²) in [6, 6.07) is 9.55. The fraction of sp³-hybridized carbons (Fsp3) is 0.667. The van der Waals surface area contributed by atoms with E-state index >= 15 is 0 Å². The SMILES string of the molecule is C[C@H]1CC[C@H](C)P1c1ccccc1P1[C@@H](C)CC[C@@H]1C.F[P-](F)(F)(F)(F)F.[Rh]. The number of halogens is 6. The van der Waals surface area contributed by atoms with Gasteiger partial charge in [-0.15, -0.1) is 0 Å².